The molecule has 0 amide bonds. The summed E-state index contributed by atoms with van der Waals surface area (Å²) in [5.41, 5.74) is 2.48. The smallest absolute Gasteiger partial charge is 0.175 e. The lowest BCUT2D eigenvalue weighted by molar-refractivity contribution is 0.602. The lowest BCUT2D eigenvalue weighted by Crippen LogP contribution is -1.95. The SMILES string of the molecule is CS(=O)(=O)c1ccc2c(c1)[nH]c1nc3ccccc3cc12. The van der Waals surface area contributed by atoms with Crippen LogP contribution in [0, 0.1) is 0 Å². The van der Waals surface area contributed by atoms with Gasteiger partial charge in [0.1, 0.15) is 5.65 Å². The van der Waals surface area contributed by atoms with E-state index in [9.17, 15) is 8.42 Å². The van der Waals surface area contributed by atoms with Crippen molar-refractivity contribution >= 4 is 42.7 Å². The van der Waals surface area contributed by atoms with Gasteiger partial charge in [0.25, 0.3) is 0 Å². The highest BCUT2D eigenvalue weighted by Gasteiger charge is 2.11. The number of hydrogen-bond donors (Lipinski definition) is 1. The zero-order valence-corrected chi connectivity index (χ0v) is 12.1. The summed E-state index contributed by atoms with van der Waals surface area (Å²) in [6.45, 7) is 0. The van der Waals surface area contributed by atoms with Gasteiger partial charge in [-0.05, 0) is 24.3 Å². The Morgan fingerprint density at radius 1 is 1.00 bits per heavy atom. The van der Waals surface area contributed by atoms with Crippen LogP contribution >= 0.6 is 0 Å². The molecule has 0 radical (unpaired) electrons. The topological polar surface area (TPSA) is 62.8 Å². The normalized spacial score (nSPS) is 12.4. The van der Waals surface area contributed by atoms with Gasteiger partial charge < -0.3 is 4.98 Å². The molecule has 4 rings (SSSR count). The summed E-state index contributed by atoms with van der Waals surface area (Å²) >= 11 is 0. The van der Waals surface area contributed by atoms with E-state index in [2.05, 4.69) is 16.0 Å². The van der Waals surface area contributed by atoms with Crippen LogP contribution in [0.2, 0.25) is 0 Å². The number of nitrogens with zero attached hydrogens (tertiary/aromatic N) is 1. The monoisotopic (exact) mass is 296 g/mol. The van der Waals surface area contributed by atoms with Gasteiger partial charge >= 0.3 is 0 Å². The van der Waals surface area contributed by atoms with E-state index in [1.165, 1.54) is 6.26 Å². The zero-order valence-electron chi connectivity index (χ0n) is 11.3. The Labute approximate surface area is 121 Å². The molecule has 1 N–H and O–H groups in total. The molecule has 0 atom stereocenters. The first-order chi connectivity index (χ1) is 10.0. The van der Waals surface area contributed by atoms with Crippen LogP contribution in [0.4, 0.5) is 0 Å². The van der Waals surface area contributed by atoms with Gasteiger partial charge in [-0.25, -0.2) is 13.4 Å². The van der Waals surface area contributed by atoms with Gasteiger partial charge in [-0.2, -0.15) is 0 Å². The number of sulfone groups is 1. The van der Waals surface area contributed by atoms with E-state index in [1.54, 1.807) is 12.1 Å². The summed E-state index contributed by atoms with van der Waals surface area (Å²) in [4.78, 5) is 8.12. The lowest BCUT2D eigenvalue weighted by Gasteiger charge is -1.98. The van der Waals surface area contributed by atoms with Crippen molar-refractivity contribution in [1.82, 2.24) is 9.97 Å². The highest BCUT2D eigenvalue weighted by molar-refractivity contribution is 7.90. The number of aromatic nitrogens is 2. The van der Waals surface area contributed by atoms with Gasteiger partial charge in [-0.1, -0.05) is 24.3 Å². The minimum absolute atomic E-state index is 0.311. The van der Waals surface area contributed by atoms with E-state index in [0.29, 0.717) is 4.90 Å². The molecule has 4 aromatic rings. The number of para-hydroxylation sites is 1. The highest BCUT2D eigenvalue weighted by Crippen LogP contribution is 2.28. The lowest BCUT2D eigenvalue weighted by atomic mass is 10.1. The van der Waals surface area contributed by atoms with Crippen molar-refractivity contribution in [3.05, 3.63) is 48.5 Å². The summed E-state index contributed by atoms with van der Waals surface area (Å²) in [6, 6.07) is 15.1. The molecule has 2 aromatic carbocycles. The van der Waals surface area contributed by atoms with Gasteiger partial charge in [0.15, 0.2) is 9.84 Å². The summed E-state index contributed by atoms with van der Waals surface area (Å²) in [5.74, 6) is 0. The average molecular weight is 296 g/mol. The number of benzene rings is 2. The molecule has 0 aliphatic carbocycles. The van der Waals surface area contributed by atoms with Crippen LogP contribution in [-0.2, 0) is 9.84 Å². The average Bonchev–Trinajstić information content (AvgIpc) is 2.80. The van der Waals surface area contributed by atoms with E-state index in [4.69, 9.17) is 0 Å². The molecule has 0 aliphatic heterocycles. The third-order valence-electron chi connectivity index (χ3n) is 3.69. The number of rotatable bonds is 1. The molecule has 0 spiro atoms. The Hall–Kier alpha value is -2.40. The molecule has 0 saturated heterocycles. The Balaban J connectivity index is 2.12. The van der Waals surface area contributed by atoms with Gasteiger partial charge in [-0.3, -0.25) is 0 Å². The Kier molecular flexibility index (Phi) is 2.38. The summed E-state index contributed by atoms with van der Waals surface area (Å²) in [7, 11) is -3.21. The second-order valence-electron chi connectivity index (χ2n) is 5.18. The van der Waals surface area contributed by atoms with E-state index in [-0.39, 0.29) is 0 Å². The second-order valence-corrected chi connectivity index (χ2v) is 7.20. The number of aromatic amines is 1. The molecular formula is C16H12N2O2S. The molecule has 0 bridgehead atoms. The molecule has 0 aliphatic rings. The molecule has 4 nitrogen and oxygen atoms in total. The molecule has 5 heteroatoms. The zero-order chi connectivity index (χ0) is 14.6. The van der Waals surface area contributed by atoms with Gasteiger partial charge in [0, 0.05) is 27.9 Å². The molecule has 0 fully saturated rings. The first-order valence-electron chi connectivity index (χ1n) is 6.54. The number of nitrogens with one attached hydrogen (secondary N) is 1. The summed E-state index contributed by atoms with van der Waals surface area (Å²) in [6.07, 6.45) is 1.21. The first-order valence-corrected chi connectivity index (χ1v) is 8.43. The fourth-order valence-electron chi connectivity index (χ4n) is 2.64. The maximum absolute atomic E-state index is 11.7. The molecule has 104 valence electrons. The highest BCUT2D eigenvalue weighted by atomic mass is 32.2. The molecule has 21 heavy (non-hydrogen) atoms. The maximum atomic E-state index is 11.7. The van der Waals surface area contributed by atoms with Crippen molar-refractivity contribution in [3.63, 3.8) is 0 Å². The van der Waals surface area contributed by atoms with E-state index in [0.717, 1.165) is 32.8 Å². The summed E-state index contributed by atoms with van der Waals surface area (Å²) < 4.78 is 23.3. The third-order valence-corrected chi connectivity index (χ3v) is 4.80. The van der Waals surface area contributed by atoms with Crippen LogP contribution in [-0.4, -0.2) is 24.6 Å². The Bertz CT molecular complexity index is 1110. The van der Waals surface area contributed by atoms with E-state index in [1.807, 2.05) is 30.3 Å². The third kappa shape index (κ3) is 1.89. The van der Waals surface area contributed by atoms with Crippen LogP contribution in [0.3, 0.4) is 0 Å². The van der Waals surface area contributed by atoms with E-state index < -0.39 is 9.84 Å². The molecular weight excluding hydrogens is 284 g/mol. The predicted molar refractivity (Wildman–Crippen MR) is 84.2 cm³/mol. The van der Waals surface area contributed by atoms with Gasteiger partial charge in [-0.15, -0.1) is 0 Å². The predicted octanol–water partition coefficient (Wildman–Crippen LogP) is 3.27. The van der Waals surface area contributed by atoms with Crippen molar-refractivity contribution in [1.29, 1.82) is 0 Å². The van der Waals surface area contributed by atoms with Crippen LogP contribution in [0.25, 0.3) is 32.8 Å². The minimum Gasteiger partial charge on any atom is -0.339 e. The fourth-order valence-corrected chi connectivity index (χ4v) is 3.28. The number of H-pyrrole nitrogens is 1. The maximum Gasteiger partial charge on any atom is 0.175 e. The van der Waals surface area contributed by atoms with Crippen molar-refractivity contribution in [2.75, 3.05) is 6.26 Å². The van der Waals surface area contributed by atoms with Gasteiger partial charge in [0.05, 0.1) is 10.4 Å². The largest absolute Gasteiger partial charge is 0.339 e. The van der Waals surface area contributed by atoms with E-state index >= 15 is 0 Å². The summed E-state index contributed by atoms with van der Waals surface area (Å²) in [5, 5.41) is 3.05. The Morgan fingerprint density at radius 3 is 2.62 bits per heavy atom. The Morgan fingerprint density at radius 2 is 1.81 bits per heavy atom. The fraction of sp³-hybridized carbons (Fsp3) is 0.0625. The number of fused-ring (bicyclic) bond motifs is 4. The van der Waals surface area contributed by atoms with Crippen molar-refractivity contribution in [2.45, 2.75) is 4.90 Å². The van der Waals surface area contributed by atoms with Crippen molar-refractivity contribution in [2.24, 2.45) is 0 Å². The van der Waals surface area contributed by atoms with Crippen molar-refractivity contribution < 1.29 is 8.42 Å². The van der Waals surface area contributed by atoms with Crippen molar-refractivity contribution in [3.8, 4) is 0 Å². The molecule has 0 unspecified atom stereocenters. The quantitative estimate of drug-likeness (QED) is 0.586. The second kappa shape index (κ2) is 4.05. The van der Waals surface area contributed by atoms with Crippen LogP contribution < -0.4 is 0 Å². The van der Waals surface area contributed by atoms with Crippen LogP contribution in [0.15, 0.2) is 53.4 Å². The van der Waals surface area contributed by atoms with Crippen LogP contribution in [0.1, 0.15) is 0 Å². The molecule has 2 heterocycles. The first kappa shape index (κ1) is 12.3. The molecule has 2 aromatic heterocycles. The van der Waals surface area contributed by atoms with Gasteiger partial charge in [0.2, 0.25) is 0 Å². The van der Waals surface area contributed by atoms with Crippen LogP contribution in [0.5, 0.6) is 0 Å². The number of hydrogen-bond acceptors (Lipinski definition) is 3. The number of pyridine rings is 1. The standard InChI is InChI=1S/C16H12N2O2S/c1-21(19,20)11-6-7-12-13-8-10-4-2-3-5-14(10)17-16(13)18-15(12)9-11/h2-9H,1H3,(H,17,18). The minimum atomic E-state index is -3.21. The molecule has 0 saturated carbocycles.